The number of rotatable bonds is 8. The highest BCUT2D eigenvalue weighted by Gasteiger charge is 2.13. The number of ether oxygens (including phenoxy) is 2. The number of thioether (sulfide) groups is 1. The predicted molar refractivity (Wildman–Crippen MR) is 93.1 cm³/mol. The minimum atomic E-state index is -0.202. The minimum absolute atomic E-state index is 0.155. The summed E-state index contributed by atoms with van der Waals surface area (Å²) in [6.07, 6.45) is 1.67. The van der Waals surface area contributed by atoms with Crippen LogP contribution in [-0.4, -0.2) is 40.8 Å². The van der Waals surface area contributed by atoms with E-state index < -0.39 is 0 Å². The van der Waals surface area contributed by atoms with E-state index in [1.165, 1.54) is 16.4 Å². The lowest BCUT2D eigenvalue weighted by atomic mass is 10.2. The van der Waals surface area contributed by atoms with E-state index in [-0.39, 0.29) is 11.7 Å². The van der Waals surface area contributed by atoms with Crippen molar-refractivity contribution < 1.29 is 14.3 Å². The van der Waals surface area contributed by atoms with Gasteiger partial charge in [0.2, 0.25) is 11.1 Å². The molecule has 3 N–H and O–H groups in total. The first-order valence-electron chi connectivity index (χ1n) is 7.43. The van der Waals surface area contributed by atoms with Crippen LogP contribution >= 0.6 is 11.8 Å². The van der Waals surface area contributed by atoms with Crippen molar-refractivity contribution in [3.63, 3.8) is 0 Å². The Kier molecular flexibility index (Phi) is 6.30. The lowest BCUT2D eigenvalue weighted by Gasteiger charge is -2.11. The number of hydrogen-bond donors (Lipinski definition) is 2. The maximum absolute atomic E-state index is 12.2. The summed E-state index contributed by atoms with van der Waals surface area (Å²) in [6.45, 7) is 2.04. The average Bonchev–Trinajstić information content (AvgIpc) is 2.93. The summed E-state index contributed by atoms with van der Waals surface area (Å²) < 4.78 is 11.8. The van der Waals surface area contributed by atoms with Gasteiger partial charge < -0.3 is 20.6 Å². The predicted octanol–water partition coefficient (Wildman–Crippen LogP) is 1.69. The van der Waals surface area contributed by atoms with Gasteiger partial charge in [0.1, 0.15) is 11.5 Å². The number of aryl methyl sites for hydroxylation is 1. The van der Waals surface area contributed by atoms with Crippen LogP contribution in [0.15, 0.2) is 23.4 Å². The Morgan fingerprint density at radius 2 is 2.12 bits per heavy atom. The van der Waals surface area contributed by atoms with Crippen molar-refractivity contribution in [3.8, 4) is 11.5 Å². The minimum Gasteiger partial charge on any atom is -0.497 e. The first kappa shape index (κ1) is 17.9. The van der Waals surface area contributed by atoms with Crippen molar-refractivity contribution in [3.05, 3.63) is 24.0 Å². The molecule has 0 bridgehead atoms. The first-order valence-corrected chi connectivity index (χ1v) is 8.41. The Labute approximate surface area is 144 Å². The standard InChI is InChI=1S/C15H21N5O3S/c1-4-5-13-18-19-15(20(13)16)24-9-14(21)17-11-8-10(22-2)6-7-12(11)23-3/h6-8H,4-5,9,16H2,1-3H3,(H,17,21). The van der Waals surface area contributed by atoms with Crippen LogP contribution in [0.1, 0.15) is 19.2 Å². The Morgan fingerprint density at radius 3 is 2.79 bits per heavy atom. The summed E-state index contributed by atoms with van der Waals surface area (Å²) in [4.78, 5) is 12.2. The van der Waals surface area contributed by atoms with E-state index >= 15 is 0 Å². The molecule has 2 rings (SSSR count). The second kappa shape index (κ2) is 8.44. The molecule has 0 aliphatic rings. The Bertz CT molecular complexity index is 704. The van der Waals surface area contributed by atoms with E-state index in [2.05, 4.69) is 15.5 Å². The SMILES string of the molecule is CCCc1nnc(SCC(=O)Nc2cc(OC)ccc2OC)n1N. The van der Waals surface area contributed by atoms with Gasteiger partial charge in [-0.25, -0.2) is 4.68 Å². The highest BCUT2D eigenvalue weighted by Crippen LogP contribution is 2.29. The van der Waals surface area contributed by atoms with E-state index in [1.54, 1.807) is 32.4 Å². The molecule has 1 aromatic heterocycles. The number of nitrogens with two attached hydrogens (primary N) is 1. The number of hydrogen-bond acceptors (Lipinski definition) is 7. The number of nitrogen functional groups attached to an aromatic ring is 1. The topological polar surface area (TPSA) is 104 Å². The van der Waals surface area contributed by atoms with Crippen LogP contribution in [-0.2, 0) is 11.2 Å². The number of carbonyl (C=O) groups excluding carboxylic acids is 1. The zero-order chi connectivity index (χ0) is 17.5. The molecule has 0 atom stereocenters. The maximum atomic E-state index is 12.2. The Morgan fingerprint density at radius 1 is 1.33 bits per heavy atom. The molecule has 2 aromatic rings. The van der Waals surface area contributed by atoms with Crippen LogP contribution < -0.4 is 20.6 Å². The molecule has 0 aliphatic heterocycles. The van der Waals surface area contributed by atoms with Crippen molar-refractivity contribution in [2.45, 2.75) is 24.9 Å². The van der Waals surface area contributed by atoms with Crippen molar-refractivity contribution in [1.29, 1.82) is 0 Å². The number of carbonyl (C=O) groups is 1. The molecule has 9 heteroatoms. The van der Waals surface area contributed by atoms with Gasteiger partial charge in [0.15, 0.2) is 5.82 Å². The van der Waals surface area contributed by atoms with Crippen molar-refractivity contribution in [1.82, 2.24) is 14.9 Å². The van der Waals surface area contributed by atoms with E-state index in [0.717, 1.165) is 12.8 Å². The fraction of sp³-hybridized carbons (Fsp3) is 0.400. The zero-order valence-corrected chi connectivity index (χ0v) is 14.7. The zero-order valence-electron chi connectivity index (χ0n) is 13.9. The number of methoxy groups -OCH3 is 2. The third kappa shape index (κ3) is 4.31. The molecule has 0 fully saturated rings. The molecule has 1 aromatic carbocycles. The molecular formula is C15H21N5O3S. The molecule has 24 heavy (non-hydrogen) atoms. The van der Waals surface area contributed by atoms with Crippen molar-refractivity contribution in [2.24, 2.45) is 0 Å². The molecule has 1 heterocycles. The average molecular weight is 351 g/mol. The quantitative estimate of drug-likeness (QED) is 0.551. The smallest absolute Gasteiger partial charge is 0.234 e. The van der Waals surface area contributed by atoms with Gasteiger partial charge in [-0.3, -0.25) is 4.79 Å². The third-order valence-electron chi connectivity index (χ3n) is 3.22. The molecular weight excluding hydrogens is 330 g/mol. The van der Waals surface area contributed by atoms with Gasteiger partial charge in [-0.05, 0) is 18.6 Å². The number of amides is 1. The number of aromatic nitrogens is 3. The largest absolute Gasteiger partial charge is 0.497 e. The van der Waals surface area contributed by atoms with Crippen LogP contribution in [0.25, 0.3) is 0 Å². The van der Waals surface area contributed by atoms with Gasteiger partial charge in [0.05, 0.1) is 25.7 Å². The third-order valence-corrected chi connectivity index (χ3v) is 4.16. The van der Waals surface area contributed by atoms with Crippen LogP contribution in [0, 0.1) is 0 Å². The first-order chi connectivity index (χ1) is 11.6. The summed E-state index contributed by atoms with van der Waals surface area (Å²) in [6, 6.07) is 5.19. The summed E-state index contributed by atoms with van der Waals surface area (Å²) in [5.41, 5.74) is 0.545. The van der Waals surface area contributed by atoms with Crippen molar-refractivity contribution in [2.75, 3.05) is 31.1 Å². The molecule has 1 amide bonds. The molecule has 130 valence electrons. The molecule has 0 radical (unpaired) electrons. The summed E-state index contributed by atoms with van der Waals surface area (Å²) >= 11 is 1.22. The summed E-state index contributed by atoms with van der Waals surface area (Å²) in [5, 5.41) is 11.3. The van der Waals surface area contributed by atoms with Crippen LogP contribution in [0.4, 0.5) is 5.69 Å². The Hall–Kier alpha value is -2.42. The second-order valence-electron chi connectivity index (χ2n) is 4.92. The molecule has 0 saturated heterocycles. The number of nitrogens with zero attached hydrogens (tertiary/aromatic N) is 3. The molecule has 8 nitrogen and oxygen atoms in total. The van der Waals surface area contributed by atoms with Crippen LogP contribution in [0.3, 0.4) is 0 Å². The fourth-order valence-electron chi connectivity index (χ4n) is 2.03. The monoisotopic (exact) mass is 351 g/mol. The van der Waals surface area contributed by atoms with E-state index in [4.69, 9.17) is 15.3 Å². The highest BCUT2D eigenvalue weighted by molar-refractivity contribution is 7.99. The maximum Gasteiger partial charge on any atom is 0.234 e. The molecule has 0 aliphatic carbocycles. The molecule has 0 saturated carbocycles. The van der Waals surface area contributed by atoms with E-state index in [0.29, 0.717) is 28.2 Å². The van der Waals surface area contributed by atoms with Gasteiger partial charge in [-0.15, -0.1) is 10.2 Å². The van der Waals surface area contributed by atoms with Crippen molar-refractivity contribution >= 4 is 23.4 Å². The summed E-state index contributed by atoms with van der Waals surface area (Å²) in [5.74, 6) is 7.76. The number of anilines is 1. The summed E-state index contributed by atoms with van der Waals surface area (Å²) in [7, 11) is 3.10. The molecule has 0 spiro atoms. The van der Waals surface area contributed by atoms with Crippen LogP contribution in [0.2, 0.25) is 0 Å². The van der Waals surface area contributed by atoms with E-state index in [9.17, 15) is 4.79 Å². The number of nitrogens with one attached hydrogen (secondary N) is 1. The lowest BCUT2D eigenvalue weighted by Crippen LogP contribution is -2.17. The lowest BCUT2D eigenvalue weighted by molar-refractivity contribution is -0.113. The van der Waals surface area contributed by atoms with Gasteiger partial charge in [-0.2, -0.15) is 0 Å². The van der Waals surface area contributed by atoms with Gasteiger partial charge >= 0.3 is 0 Å². The van der Waals surface area contributed by atoms with E-state index in [1.807, 2.05) is 6.92 Å². The number of benzene rings is 1. The second-order valence-corrected chi connectivity index (χ2v) is 5.86. The molecule has 0 unspecified atom stereocenters. The van der Waals surface area contributed by atoms with Gasteiger partial charge in [0.25, 0.3) is 0 Å². The van der Waals surface area contributed by atoms with Gasteiger partial charge in [-0.1, -0.05) is 18.7 Å². The Balaban J connectivity index is 1.99. The fourth-order valence-corrected chi connectivity index (χ4v) is 2.70. The van der Waals surface area contributed by atoms with Crippen LogP contribution in [0.5, 0.6) is 11.5 Å². The highest BCUT2D eigenvalue weighted by atomic mass is 32.2. The normalized spacial score (nSPS) is 10.5. The van der Waals surface area contributed by atoms with Gasteiger partial charge in [0, 0.05) is 12.5 Å².